The van der Waals surface area contributed by atoms with E-state index in [0.29, 0.717) is 5.92 Å². The molecule has 0 aromatic heterocycles. The molecule has 4 rings (SSSR count). The zero-order chi connectivity index (χ0) is 18.8. The van der Waals surface area contributed by atoms with Crippen molar-refractivity contribution in [3.05, 3.63) is 41.5 Å². The van der Waals surface area contributed by atoms with Gasteiger partial charge in [0, 0.05) is 12.6 Å². The van der Waals surface area contributed by atoms with Gasteiger partial charge in [0.05, 0.1) is 5.92 Å². The Morgan fingerprint density at radius 2 is 1.70 bits per heavy atom. The zero-order valence-electron chi connectivity index (χ0n) is 16.8. The molecule has 1 aromatic rings. The summed E-state index contributed by atoms with van der Waals surface area (Å²) in [6, 6.07) is 11.1. The fourth-order valence-corrected chi connectivity index (χ4v) is 4.90. The number of nitrogens with one attached hydrogen (secondary N) is 1. The summed E-state index contributed by atoms with van der Waals surface area (Å²) >= 11 is 0. The van der Waals surface area contributed by atoms with Crippen molar-refractivity contribution in [3.63, 3.8) is 0 Å². The summed E-state index contributed by atoms with van der Waals surface area (Å²) in [5.74, 6) is 0.839. The van der Waals surface area contributed by atoms with E-state index in [2.05, 4.69) is 41.2 Å². The van der Waals surface area contributed by atoms with Crippen LogP contribution < -0.4 is 5.32 Å². The van der Waals surface area contributed by atoms with Crippen LogP contribution in [0.25, 0.3) is 5.57 Å². The summed E-state index contributed by atoms with van der Waals surface area (Å²) in [5.41, 5.74) is 3.66. The summed E-state index contributed by atoms with van der Waals surface area (Å²) < 4.78 is 0. The first-order valence-electron chi connectivity index (χ1n) is 10.6. The molecule has 4 heteroatoms. The standard InChI is InChI=1S/C23H33N3O/c1-17-21(19-6-4-3-5-7-19)22(17)23(27)24-16-18-8-14-26(15-9-18)20-10-12-25(2)13-11-20/h3-7,18,20,22H,8-16H2,1-2H3,(H,24,27). The summed E-state index contributed by atoms with van der Waals surface area (Å²) in [6.07, 6.45) is 5.06. The van der Waals surface area contributed by atoms with Gasteiger partial charge in [0.2, 0.25) is 5.91 Å². The van der Waals surface area contributed by atoms with Gasteiger partial charge in [0.1, 0.15) is 0 Å². The van der Waals surface area contributed by atoms with Crippen LogP contribution in [0.4, 0.5) is 0 Å². The Kier molecular flexibility index (Phi) is 5.65. The van der Waals surface area contributed by atoms with Crippen molar-refractivity contribution < 1.29 is 4.79 Å². The molecule has 1 N–H and O–H groups in total. The Morgan fingerprint density at radius 3 is 2.37 bits per heavy atom. The molecule has 2 heterocycles. The van der Waals surface area contributed by atoms with Gasteiger partial charge in [0.15, 0.2) is 0 Å². The molecule has 2 aliphatic heterocycles. The smallest absolute Gasteiger partial charge is 0.231 e. The number of piperidine rings is 2. The number of nitrogens with zero attached hydrogens (tertiary/aromatic N) is 2. The molecule has 4 nitrogen and oxygen atoms in total. The van der Waals surface area contributed by atoms with Crippen molar-refractivity contribution in [2.75, 3.05) is 39.8 Å². The molecule has 1 aromatic carbocycles. The van der Waals surface area contributed by atoms with Crippen LogP contribution in [-0.2, 0) is 4.79 Å². The number of hydrogen-bond donors (Lipinski definition) is 1. The average molecular weight is 368 g/mol. The molecule has 146 valence electrons. The molecule has 1 atom stereocenters. The SMILES string of the molecule is CC1=C(c2ccccc2)C1C(=O)NCC1CCN(C2CCN(C)CC2)CC1. The molecule has 0 saturated carbocycles. The van der Waals surface area contributed by atoms with Gasteiger partial charge in [-0.25, -0.2) is 0 Å². The minimum Gasteiger partial charge on any atom is -0.355 e. The van der Waals surface area contributed by atoms with Gasteiger partial charge in [-0.3, -0.25) is 4.79 Å². The van der Waals surface area contributed by atoms with Gasteiger partial charge in [0.25, 0.3) is 0 Å². The first-order valence-corrected chi connectivity index (χ1v) is 10.6. The fourth-order valence-electron chi connectivity index (χ4n) is 4.90. The second-order valence-corrected chi connectivity index (χ2v) is 8.65. The highest BCUT2D eigenvalue weighted by molar-refractivity contribution is 6.05. The molecule has 27 heavy (non-hydrogen) atoms. The Bertz CT molecular complexity index is 683. The van der Waals surface area contributed by atoms with E-state index in [0.717, 1.165) is 12.6 Å². The first kappa shape index (κ1) is 18.7. The van der Waals surface area contributed by atoms with Crippen LogP contribution >= 0.6 is 0 Å². The summed E-state index contributed by atoms with van der Waals surface area (Å²) in [4.78, 5) is 17.8. The van der Waals surface area contributed by atoms with Gasteiger partial charge in [-0.1, -0.05) is 35.9 Å². The third-order valence-electron chi connectivity index (χ3n) is 6.83. The van der Waals surface area contributed by atoms with E-state index in [1.54, 1.807) is 0 Å². The Labute approximate surface area is 163 Å². The second-order valence-electron chi connectivity index (χ2n) is 8.65. The van der Waals surface area contributed by atoms with Crippen molar-refractivity contribution in [2.24, 2.45) is 11.8 Å². The molecular weight excluding hydrogens is 334 g/mol. The predicted molar refractivity (Wildman–Crippen MR) is 110 cm³/mol. The summed E-state index contributed by atoms with van der Waals surface area (Å²) in [6.45, 7) is 7.80. The van der Waals surface area contributed by atoms with Crippen molar-refractivity contribution in [2.45, 2.75) is 38.6 Å². The number of rotatable bonds is 5. The van der Waals surface area contributed by atoms with E-state index in [-0.39, 0.29) is 11.8 Å². The van der Waals surface area contributed by atoms with Crippen LogP contribution in [-0.4, -0.2) is 61.5 Å². The minimum absolute atomic E-state index is 0.00622. The highest BCUT2D eigenvalue weighted by atomic mass is 16.2. The highest BCUT2D eigenvalue weighted by Crippen LogP contribution is 2.46. The number of hydrogen-bond acceptors (Lipinski definition) is 3. The number of carbonyl (C=O) groups is 1. The van der Waals surface area contributed by atoms with Crippen molar-refractivity contribution in [1.82, 2.24) is 15.1 Å². The maximum atomic E-state index is 12.6. The zero-order valence-corrected chi connectivity index (χ0v) is 16.8. The highest BCUT2D eigenvalue weighted by Gasteiger charge is 2.40. The first-order chi connectivity index (χ1) is 13.1. The molecule has 0 radical (unpaired) electrons. The maximum Gasteiger partial charge on any atom is 0.231 e. The van der Waals surface area contributed by atoms with E-state index < -0.39 is 0 Å². The molecule has 0 spiro atoms. The molecule has 1 unspecified atom stereocenters. The van der Waals surface area contributed by atoms with E-state index in [1.165, 1.54) is 68.6 Å². The Hall–Kier alpha value is -1.65. The summed E-state index contributed by atoms with van der Waals surface area (Å²) in [5, 5.41) is 3.24. The van der Waals surface area contributed by atoms with Gasteiger partial charge in [-0.2, -0.15) is 0 Å². The van der Waals surface area contributed by atoms with Crippen LogP contribution in [0.3, 0.4) is 0 Å². The molecule has 3 aliphatic rings. The lowest BCUT2D eigenvalue weighted by molar-refractivity contribution is -0.121. The monoisotopic (exact) mass is 367 g/mol. The van der Waals surface area contributed by atoms with Crippen molar-refractivity contribution in [1.29, 1.82) is 0 Å². The molecule has 2 saturated heterocycles. The topological polar surface area (TPSA) is 35.6 Å². The number of carbonyl (C=O) groups excluding carboxylic acids is 1. The average Bonchev–Trinajstić information content (AvgIpc) is 3.39. The maximum absolute atomic E-state index is 12.6. The van der Waals surface area contributed by atoms with Gasteiger partial charge in [-0.15, -0.1) is 0 Å². The lowest BCUT2D eigenvalue weighted by Gasteiger charge is -2.41. The van der Waals surface area contributed by atoms with Crippen LogP contribution in [0.2, 0.25) is 0 Å². The van der Waals surface area contributed by atoms with E-state index >= 15 is 0 Å². The predicted octanol–water partition coefficient (Wildman–Crippen LogP) is 3.01. The Morgan fingerprint density at radius 1 is 1.04 bits per heavy atom. The normalized spacial score (nSPS) is 25.6. The Balaban J connectivity index is 1.19. The minimum atomic E-state index is 0.00622. The van der Waals surface area contributed by atoms with Gasteiger partial charge < -0.3 is 15.1 Å². The van der Waals surface area contributed by atoms with Gasteiger partial charge in [-0.05, 0) is 82.9 Å². The second kappa shape index (κ2) is 8.15. The molecule has 2 fully saturated rings. The van der Waals surface area contributed by atoms with Crippen LogP contribution in [0, 0.1) is 11.8 Å². The van der Waals surface area contributed by atoms with Crippen LogP contribution in [0.5, 0.6) is 0 Å². The molecule has 0 bridgehead atoms. The number of amides is 1. The molecular formula is C23H33N3O. The molecule has 1 amide bonds. The fraction of sp³-hybridized carbons (Fsp3) is 0.609. The lowest BCUT2D eigenvalue weighted by atomic mass is 9.93. The molecule has 1 aliphatic carbocycles. The van der Waals surface area contributed by atoms with Gasteiger partial charge >= 0.3 is 0 Å². The van der Waals surface area contributed by atoms with E-state index in [9.17, 15) is 4.79 Å². The van der Waals surface area contributed by atoms with Crippen molar-refractivity contribution >= 4 is 11.5 Å². The van der Waals surface area contributed by atoms with Crippen LogP contribution in [0.1, 0.15) is 38.2 Å². The quantitative estimate of drug-likeness (QED) is 0.869. The van der Waals surface area contributed by atoms with E-state index in [4.69, 9.17) is 0 Å². The number of benzene rings is 1. The third-order valence-corrected chi connectivity index (χ3v) is 6.83. The van der Waals surface area contributed by atoms with Crippen LogP contribution in [0.15, 0.2) is 35.9 Å². The lowest BCUT2D eigenvalue weighted by Crippen LogP contribution is -2.48. The summed E-state index contributed by atoms with van der Waals surface area (Å²) in [7, 11) is 2.23. The largest absolute Gasteiger partial charge is 0.355 e. The third kappa shape index (κ3) is 4.27. The van der Waals surface area contributed by atoms with E-state index in [1.807, 2.05) is 18.2 Å². The number of likely N-dealkylation sites (tertiary alicyclic amines) is 2. The van der Waals surface area contributed by atoms with Crippen molar-refractivity contribution in [3.8, 4) is 0 Å².